The first-order valence-corrected chi connectivity index (χ1v) is 11.2. The molecule has 2 heterocycles. The van der Waals surface area contributed by atoms with E-state index in [2.05, 4.69) is 10.1 Å². The van der Waals surface area contributed by atoms with E-state index in [0.717, 1.165) is 33.0 Å². The molecular weight excluding hydrogens is 432 g/mol. The summed E-state index contributed by atoms with van der Waals surface area (Å²) in [7, 11) is 0. The standard InChI is InChI=1S/C26H20N4O2S/c1-17-7-5-6-10-21(17)25-29-30-23(27)22(24(31)28-26(30)33-25)15-18-11-13-20(14-12-18)32-16-19-8-3-2-4-9-19/h2-15,27H,16H2,1H3/b22-15-,27-23?. The number of rotatable bonds is 5. The maximum absolute atomic E-state index is 12.7. The predicted octanol–water partition coefficient (Wildman–Crippen LogP) is 5.24. The number of amides is 1. The van der Waals surface area contributed by atoms with Crippen LogP contribution in [-0.2, 0) is 11.4 Å². The Morgan fingerprint density at radius 2 is 1.73 bits per heavy atom. The summed E-state index contributed by atoms with van der Waals surface area (Å²) >= 11 is 1.30. The maximum Gasteiger partial charge on any atom is 0.283 e. The fraction of sp³-hybridized carbons (Fsp3) is 0.0769. The van der Waals surface area contributed by atoms with Gasteiger partial charge in [0.2, 0.25) is 5.17 Å². The molecule has 162 valence electrons. The quantitative estimate of drug-likeness (QED) is 0.537. The van der Waals surface area contributed by atoms with E-state index in [4.69, 9.17) is 10.1 Å². The highest BCUT2D eigenvalue weighted by Gasteiger charge is 2.36. The number of carbonyl (C=O) groups is 1. The van der Waals surface area contributed by atoms with Gasteiger partial charge in [-0.15, -0.1) is 0 Å². The molecule has 0 saturated heterocycles. The average Bonchev–Trinajstić information content (AvgIpc) is 3.26. The van der Waals surface area contributed by atoms with Crippen LogP contribution in [0.15, 0.2) is 94.5 Å². The fourth-order valence-electron chi connectivity index (χ4n) is 3.48. The fourth-order valence-corrected chi connectivity index (χ4v) is 4.46. The maximum atomic E-state index is 12.7. The predicted molar refractivity (Wildman–Crippen MR) is 133 cm³/mol. The zero-order valence-electron chi connectivity index (χ0n) is 17.9. The van der Waals surface area contributed by atoms with Crippen LogP contribution in [-0.4, -0.2) is 27.0 Å². The molecule has 3 aromatic carbocycles. The third-order valence-corrected chi connectivity index (χ3v) is 6.21. The number of hydrazone groups is 1. The molecule has 2 aliphatic rings. The molecule has 0 saturated carbocycles. The normalized spacial score (nSPS) is 16.5. The van der Waals surface area contributed by atoms with E-state index in [1.54, 1.807) is 6.08 Å². The van der Waals surface area contributed by atoms with Crippen LogP contribution in [0, 0.1) is 12.3 Å². The minimum Gasteiger partial charge on any atom is -0.489 e. The number of ether oxygens (including phenoxy) is 1. The molecule has 0 aliphatic carbocycles. The molecule has 0 spiro atoms. The molecule has 0 radical (unpaired) electrons. The van der Waals surface area contributed by atoms with Crippen LogP contribution in [0.1, 0.15) is 22.3 Å². The molecule has 0 fully saturated rings. The van der Waals surface area contributed by atoms with E-state index in [9.17, 15) is 4.79 Å². The van der Waals surface area contributed by atoms with Crippen molar-refractivity contribution in [2.24, 2.45) is 10.1 Å². The van der Waals surface area contributed by atoms with Crippen LogP contribution in [0.25, 0.3) is 6.08 Å². The Bertz CT molecular complexity index is 1330. The van der Waals surface area contributed by atoms with Crippen LogP contribution < -0.4 is 4.74 Å². The van der Waals surface area contributed by atoms with Gasteiger partial charge in [-0.25, -0.2) is 0 Å². The second-order valence-electron chi connectivity index (χ2n) is 7.58. The van der Waals surface area contributed by atoms with Crippen molar-refractivity contribution in [3.8, 4) is 5.75 Å². The number of thioether (sulfide) groups is 1. The Morgan fingerprint density at radius 3 is 2.48 bits per heavy atom. The number of carbonyl (C=O) groups excluding carboxylic acids is 1. The third-order valence-electron chi connectivity index (χ3n) is 5.27. The molecule has 1 amide bonds. The number of fused-ring (bicyclic) bond motifs is 1. The Hall–Kier alpha value is -3.97. The lowest BCUT2D eigenvalue weighted by Crippen LogP contribution is -2.35. The summed E-state index contributed by atoms with van der Waals surface area (Å²) in [6.45, 7) is 2.49. The second-order valence-corrected chi connectivity index (χ2v) is 8.54. The molecule has 5 rings (SSSR count). The van der Waals surface area contributed by atoms with Crippen LogP contribution >= 0.6 is 11.8 Å². The van der Waals surface area contributed by atoms with Gasteiger partial charge in [-0.05, 0) is 53.6 Å². The summed E-state index contributed by atoms with van der Waals surface area (Å²) in [6.07, 6.45) is 1.66. The van der Waals surface area contributed by atoms with E-state index in [1.807, 2.05) is 85.8 Å². The van der Waals surface area contributed by atoms with Gasteiger partial charge in [0.15, 0.2) is 5.84 Å². The molecule has 7 heteroatoms. The lowest BCUT2D eigenvalue weighted by atomic mass is 10.1. The zero-order chi connectivity index (χ0) is 22.8. The molecule has 6 nitrogen and oxygen atoms in total. The Labute approximate surface area is 195 Å². The minimum absolute atomic E-state index is 0.0190. The number of nitrogens with zero attached hydrogens (tertiary/aromatic N) is 3. The number of amidine groups is 2. The van der Waals surface area contributed by atoms with Crippen molar-refractivity contribution in [2.75, 3.05) is 0 Å². The zero-order valence-corrected chi connectivity index (χ0v) is 18.7. The first-order valence-electron chi connectivity index (χ1n) is 10.4. The summed E-state index contributed by atoms with van der Waals surface area (Å²) in [5.74, 6) is 0.310. The van der Waals surface area contributed by atoms with Crippen molar-refractivity contribution in [2.45, 2.75) is 13.5 Å². The largest absolute Gasteiger partial charge is 0.489 e. The van der Waals surface area contributed by atoms with Crippen LogP contribution in [0.5, 0.6) is 5.75 Å². The van der Waals surface area contributed by atoms with Gasteiger partial charge in [0.25, 0.3) is 5.91 Å². The van der Waals surface area contributed by atoms with E-state index in [1.165, 1.54) is 16.8 Å². The van der Waals surface area contributed by atoms with E-state index in [0.29, 0.717) is 11.8 Å². The Balaban J connectivity index is 1.34. The number of hydrogen-bond acceptors (Lipinski definition) is 5. The van der Waals surface area contributed by atoms with Crippen molar-refractivity contribution >= 4 is 39.8 Å². The van der Waals surface area contributed by atoms with Crippen molar-refractivity contribution in [1.82, 2.24) is 5.01 Å². The number of aliphatic imine (C=N–C) groups is 1. The van der Waals surface area contributed by atoms with E-state index >= 15 is 0 Å². The van der Waals surface area contributed by atoms with Gasteiger partial charge in [0.1, 0.15) is 17.4 Å². The summed E-state index contributed by atoms with van der Waals surface area (Å²) < 4.78 is 5.82. The van der Waals surface area contributed by atoms with Crippen LogP contribution in [0.2, 0.25) is 0 Å². The lowest BCUT2D eigenvalue weighted by molar-refractivity contribution is -0.114. The summed E-state index contributed by atoms with van der Waals surface area (Å²) in [5.41, 5.74) is 4.12. The van der Waals surface area contributed by atoms with Gasteiger partial charge in [-0.2, -0.15) is 15.1 Å². The summed E-state index contributed by atoms with van der Waals surface area (Å²) in [4.78, 5) is 16.9. The first-order chi connectivity index (χ1) is 16.1. The molecule has 0 unspecified atom stereocenters. The lowest BCUT2D eigenvalue weighted by Gasteiger charge is -2.20. The molecule has 1 N–H and O–H groups in total. The van der Waals surface area contributed by atoms with Gasteiger partial charge in [-0.3, -0.25) is 10.2 Å². The highest BCUT2D eigenvalue weighted by atomic mass is 32.2. The monoisotopic (exact) mass is 452 g/mol. The highest BCUT2D eigenvalue weighted by molar-refractivity contribution is 8.27. The van der Waals surface area contributed by atoms with Gasteiger partial charge >= 0.3 is 0 Å². The number of benzene rings is 3. The molecule has 2 aliphatic heterocycles. The summed E-state index contributed by atoms with van der Waals surface area (Å²) in [6, 6.07) is 25.2. The van der Waals surface area contributed by atoms with Crippen molar-refractivity contribution in [3.05, 3.63) is 107 Å². The molecule has 33 heavy (non-hydrogen) atoms. The SMILES string of the molecule is Cc1ccccc1C1=NN2C(=N)/C(=C/c3ccc(OCc4ccccc4)cc3)C(=O)N=C2S1. The van der Waals surface area contributed by atoms with Crippen molar-refractivity contribution in [1.29, 1.82) is 5.41 Å². The van der Waals surface area contributed by atoms with Crippen LogP contribution in [0.4, 0.5) is 0 Å². The number of aryl methyl sites for hydroxylation is 1. The molecule has 0 aromatic heterocycles. The highest BCUT2D eigenvalue weighted by Crippen LogP contribution is 2.31. The van der Waals surface area contributed by atoms with Gasteiger partial charge in [0.05, 0.1) is 5.57 Å². The van der Waals surface area contributed by atoms with Crippen LogP contribution in [0.3, 0.4) is 0 Å². The summed E-state index contributed by atoms with van der Waals surface area (Å²) in [5, 5.41) is 15.7. The van der Waals surface area contributed by atoms with Gasteiger partial charge in [-0.1, -0.05) is 66.7 Å². The molecule has 0 bridgehead atoms. The molecule has 3 aromatic rings. The average molecular weight is 453 g/mol. The van der Waals surface area contributed by atoms with Gasteiger partial charge < -0.3 is 4.74 Å². The number of hydrogen-bond donors (Lipinski definition) is 1. The van der Waals surface area contributed by atoms with Gasteiger partial charge in [0, 0.05) is 5.56 Å². The van der Waals surface area contributed by atoms with E-state index in [-0.39, 0.29) is 11.4 Å². The Kier molecular flexibility index (Phi) is 5.62. The van der Waals surface area contributed by atoms with Crippen molar-refractivity contribution in [3.63, 3.8) is 0 Å². The Morgan fingerprint density at radius 1 is 1.00 bits per heavy atom. The smallest absolute Gasteiger partial charge is 0.283 e. The topological polar surface area (TPSA) is 78.1 Å². The second kappa shape index (κ2) is 8.88. The molecule has 0 atom stereocenters. The third kappa shape index (κ3) is 4.36. The first kappa shape index (κ1) is 20.9. The van der Waals surface area contributed by atoms with Crippen molar-refractivity contribution < 1.29 is 9.53 Å². The number of nitrogens with one attached hydrogen (secondary N) is 1. The minimum atomic E-state index is -0.440. The van der Waals surface area contributed by atoms with E-state index < -0.39 is 5.91 Å². The molecular formula is C26H20N4O2S.